The van der Waals surface area contributed by atoms with Gasteiger partial charge in [0, 0.05) is 18.0 Å². The van der Waals surface area contributed by atoms with Gasteiger partial charge in [-0.25, -0.2) is 0 Å². The minimum atomic E-state index is -4.54. The van der Waals surface area contributed by atoms with Crippen LogP contribution in [0.25, 0.3) is 22.5 Å². The van der Waals surface area contributed by atoms with Gasteiger partial charge in [-0.1, -0.05) is 12.1 Å². The maximum Gasteiger partial charge on any atom is 0.416 e. The Kier molecular flexibility index (Phi) is 4.85. The largest absolute Gasteiger partial charge is 0.504 e. The smallest absolute Gasteiger partial charge is 0.416 e. The molecule has 2 heterocycles. The third kappa shape index (κ3) is 3.76. The van der Waals surface area contributed by atoms with E-state index in [1.807, 2.05) is 0 Å². The first kappa shape index (κ1) is 18.4. The summed E-state index contributed by atoms with van der Waals surface area (Å²) in [4.78, 5) is 14.2. The number of aromatic hydroxyl groups is 1. The average Bonchev–Trinajstić information content (AvgIpc) is 3.26. The van der Waals surface area contributed by atoms with Crippen LogP contribution in [0.1, 0.15) is 5.56 Å². The molecule has 3 aromatic rings. The highest BCUT2D eigenvalue weighted by molar-refractivity contribution is 5.88. The number of methoxy groups -OCH3 is 1. The lowest BCUT2D eigenvalue weighted by Gasteiger charge is -2.09. The van der Waals surface area contributed by atoms with Crippen molar-refractivity contribution in [2.75, 3.05) is 19.0 Å². The molecular weight excluding hydrogens is 365 g/mol. The Hall–Kier alpha value is -3.36. The summed E-state index contributed by atoms with van der Waals surface area (Å²) < 4.78 is 49.3. The van der Waals surface area contributed by atoms with Crippen molar-refractivity contribution in [1.29, 1.82) is 0 Å². The van der Waals surface area contributed by atoms with Gasteiger partial charge in [0.25, 0.3) is 0 Å². The van der Waals surface area contributed by atoms with E-state index in [4.69, 9.17) is 4.42 Å². The first-order valence-electron chi connectivity index (χ1n) is 7.78. The minimum Gasteiger partial charge on any atom is -0.504 e. The number of H-pyrrole nitrogens is 1. The highest BCUT2D eigenvalue weighted by atomic mass is 19.4. The number of aromatic nitrogens is 1. The zero-order valence-electron chi connectivity index (χ0n) is 14.1. The Bertz CT molecular complexity index is 946. The minimum absolute atomic E-state index is 0.0150. The van der Waals surface area contributed by atoms with E-state index >= 15 is 0 Å². The van der Waals surface area contributed by atoms with E-state index in [1.165, 1.54) is 19.2 Å². The molecule has 6 nitrogen and oxygen atoms in total. The van der Waals surface area contributed by atoms with Gasteiger partial charge in [0.15, 0.2) is 11.5 Å². The van der Waals surface area contributed by atoms with Crippen molar-refractivity contribution in [2.45, 2.75) is 6.18 Å². The maximum absolute atomic E-state index is 13.0. The summed E-state index contributed by atoms with van der Waals surface area (Å²) in [5.41, 5.74) is -0.281. The number of benzene rings is 1. The van der Waals surface area contributed by atoms with Crippen molar-refractivity contribution in [3.05, 3.63) is 48.3 Å². The van der Waals surface area contributed by atoms with Crippen molar-refractivity contribution in [1.82, 2.24) is 4.98 Å². The van der Waals surface area contributed by atoms with Gasteiger partial charge in [0.1, 0.15) is 6.54 Å². The molecular formula is C18H15F3N2O4. The second-order valence-electron chi connectivity index (χ2n) is 5.59. The third-order valence-electron chi connectivity index (χ3n) is 3.84. The van der Waals surface area contributed by atoms with Crippen molar-refractivity contribution < 1.29 is 32.2 Å². The molecule has 0 fully saturated rings. The predicted octanol–water partition coefficient (Wildman–Crippen LogP) is 4.25. The SMILES string of the molecule is COC(=O)CNc1oc(-c2cc[nH]c2)c(O)c1-c1cccc(C(F)(F)F)c1. The molecule has 0 aliphatic rings. The van der Waals surface area contributed by atoms with Crippen LogP contribution in [-0.2, 0) is 15.7 Å². The Balaban J connectivity index is 2.11. The van der Waals surface area contributed by atoms with E-state index < -0.39 is 17.7 Å². The summed E-state index contributed by atoms with van der Waals surface area (Å²) in [7, 11) is 1.20. The first-order valence-corrected chi connectivity index (χ1v) is 7.78. The van der Waals surface area contributed by atoms with Gasteiger partial charge in [-0.05, 0) is 23.8 Å². The second kappa shape index (κ2) is 7.10. The topological polar surface area (TPSA) is 87.5 Å². The Morgan fingerprint density at radius 3 is 2.70 bits per heavy atom. The molecule has 2 aromatic heterocycles. The number of esters is 1. The molecule has 9 heteroatoms. The molecule has 0 saturated carbocycles. The van der Waals surface area contributed by atoms with E-state index in [0.29, 0.717) is 5.56 Å². The van der Waals surface area contributed by atoms with Crippen LogP contribution in [0.5, 0.6) is 5.75 Å². The van der Waals surface area contributed by atoms with Gasteiger partial charge < -0.3 is 24.6 Å². The molecule has 0 atom stereocenters. The van der Waals surface area contributed by atoms with E-state index in [2.05, 4.69) is 15.0 Å². The molecule has 3 N–H and O–H groups in total. The number of furan rings is 1. The number of ether oxygens (including phenoxy) is 1. The number of carbonyl (C=O) groups is 1. The number of halogens is 3. The number of aromatic amines is 1. The molecule has 0 spiro atoms. The second-order valence-corrected chi connectivity index (χ2v) is 5.59. The van der Waals surface area contributed by atoms with Gasteiger partial charge in [0.05, 0.1) is 18.2 Å². The van der Waals surface area contributed by atoms with Gasteiger partial charge in [0.2, 0.25) is 5.88 Å². The van der Waals surface area contributed by atoms with Crippen LogP contribution in [-0.4, -0.2) is 29.7 Å². The van der Waals surface area contributed by atoms with Gasteiger partial charge in [-0.3, -0.25) is 4.79 Å². The Morgan fingerprint density at radius 1 is 1.30 bits per heavy atom. The summed E-state index contributed by atoms with van der Waals surface area (Å²) in [6.07, 6.45) is -1.39. The fourth-order valence-electron chi connectivity index (χ4n) is 2.55. The van der Waals surface area contributed by atoms with E-state index in [1.54, 1.807) is 18.5 Å². The Morgan fingerprint density at radius 2 is 2.07 bits per heavy atom. The summed E-state index contributed by atoms with van der Waals surface area (Å²) in [6.45, 7) is -0.290. The Labute approximate surface area is 151 Å². The number of carbonyl (C=O) groups excluding carboxylic acids is 1. The molecule has 142 valence electrons. The van der Waals surface area contributed by atoms with Crippen LogP contribution >= 0.6 is 0 Å². The molecule has 27 heavy (non-hydrogen) atoms. The molecule has 0 unspecified atom stereocenters. The number of nitrogens with one attached hydrogen (secondary N) is 2. The van der Waals surface area contributed by atoms with Crippen molar-refractivity contribution >= 4 is 11.9 Å². The molecule has 3 rings (SSSR count). The zero-order valence-corrected chi connectivity index (χ0v) is 14.1. The fraction of sp³-hybridized carbons (Fsp3) is 0.167. The lowest BCUT2D eigenvalue weighted by molar-refractivity contribution is -0.139. The molecule has 0 aliphatic heterocycles. The van der Waals surface area contributed by atoms with Crippen molar-refractivity contribution in [3.63, 3.8) is 0 Å². The van der Waals surface area contributed by atoms with E-state index in [0.717, 1.165) is 12.1 Å². The summed E-state index contributed by atoms with van der Waals surface area (Å²) in [5, 5.41) is 13.3. The molecule has 0 radical (unpaired) electrons. The lowest BCUT2D eigenvalue weighted by Crippen LogP contribution is -2.15. The highest BCUT2D eigenvalue weighted by Gasteiger charge is 2.31. The summed E-state index contributed by atoms with van der Waals surface area (Å²) in [5.74, 6) is -0.949. The number of alkyl halides is 3. The van der Waals surface area contributed by atoms with Crippen LogP contribution in [0.15, 0.2) is 47.1 Å². The number of rotatable bonds is 5. The molecule has 0 amide bonds. The molecule has 0 aliphatic carbocycles. The van der Waals surface area contributed by atoms with E-state index in [-0.39, 0.29) is 35.1 Å². The van der Waals surface area contributed by atoms with E-state index in [9.17, 15) is 23.1 Å². The van der Waals surface area contributed by atoms with Crippen LogP contribution in [0.3, 0.4) is 0 Å². The highest BCUT2D eigenvalue weighted by Crippen LogP contribution is 2.47. The van der Waals surface area contributed by atoms with Gasteiger partial charge in [-0.15, -0.1) is 0 Å². The summed E-state index contributed by atoms with van der Waals surface area (Å²) >= 11 is 0. The first-order chi connectivity index (χ1) is 12.8. The van der Waals surface area contributed by atoms with Gasteiger partial charge in [-0.2, -0.15) is 13.2 Å². The number of hydrogen-bond donors (Lipinski definition) is 3. The molecule has 0 bridgehead atoms. The quantitative estimate of drug-likeness (QED) is 0.576. The molecule has 1 aromatic carbocycles. The average molecular weight is 380 g/mol. The van der Waals surface area contributed by atoms with Crippen molar-refractivity contribution in [2.24, 2.45) is 0 Å². The maximum atomic E-state index is 13.0. The monoisotopic (exact) mass is 380 g/mol. The van der Waals surface area contributed by atoms with Crippen LogP contribution in [0, 0.1) is 0 Å². The van der Waals surface area contributed by atoms with Crippen LogP contribution in [0.4, 0.5) is 19.1 Å². The fourth-order valence-corrected chi connectivity index (χ4v) is 2.55. The van der Waals surface area contributed by atoms with Crippen LogP contribution < -0.4 is 5.32 Å². The summed E-state index contributed by atoms with van der Waals surface area (Å²) in [6, 6.07) is 6.08. The predicted molar refractivity (Wildman–Crippen MR) is 91.1 cm³/mol. The van der Waals surface area contributed by atoms with Crippen molar-refractivity contribution in [3.8, 4) is 28.2 Å². The van der Waals surface area contributed by atoms with Gasteiger partial charge >= 0.3 is 12.1 Å². The zero-order chi connectivity index (χ0) is 19.6. The lowest BCUT2D eigenvalue weighted by atomic mass is 10.0. The van der Waals surface area contributed by atoms with Crippen LogP contribution in [0.2, 0.25) is 0 Å². The number of hydrogen-bond acceptors (Lipinski definition) is 5. The standard InChI is InChI=1S/C18H15F3N2O4/c1-26-13(24)9-23-17-14(10-3-2-4-12(7-10)18(19,20)21)15(25)16(27-17)11-5-6-22-8-11/h2-8,22-23,25H,9H2,1H3. The third-order valence-corrected chi connectivity index (χ3v) is 3.84. The number of anilines is 1. The molecule has 0 saturated heterocycles. The normalized spacial score (nSPS) is 11.4.